The molecule has 0 heteroatoms. The summed E-state index contributed by atoms with van der Waals surface area (Å²) in [5.74, 6) is 0.695. The van der Waals surface area contributed by atoms with Crippen molar-refractivity contribution in [1.82, 2.24) is 0 Å². The predicted octanol–water partition coefficient (Wildman–Crippen LogP) is 3.24. The van der Waals surface area contributed by atoms with Crippen molar-refractivity contribution in [2.45, 2.75) is 20.3 Å². The number of hydrogen-bond donors (Lipinski definition) is 0. The van der Waals surface area contributed by atoms with Gasteiger partial charge in [0.25, 0.3) is 0 Å². The van der Waals surface area contributed by atoms with E-state index in [1.807, 2.05) is 0 Å². The third-order valence-corrected chi connectivity index (χ3v) is 2.53. The Balaban J connectivity index is 2.30. The molecule has 0 amide bonds. The van der Waals surface area contributed by atoms with Crippen LogP contribution in [0.3, 0.4) is 0 Å². The monoisotopic (exact) mass is 158 g/mol. The number of fused-ring (bicyclic) bond motifs is 2. The molecule has 0 saturated carbocycles. The summed E-state index contributed by atoms with van der Waals surface area (Å²) in [5, 5.41) is 0. The molecule has 0 heterocycles. The first-order valence-corrected chi connectivity index (χ1v) is 4.50. The Kier molecular flexibility index (Phi) is 1.59. The minimum atomic E-state index is 0.224. The summed E-state index contributed by atoms with van der Waals surface area (Å²) >= 11 is 0. The van der Waals surface area contributed by atoms with Crippen LogP contribution in [0.1, 0.15) is 20.3 Å². The van der Waals surface area contributed by atoms with Crippen LogP contribution in [0.25, 0.3) is 0 Å². The molecular weight excluding hydrogens is 144 g/mol. The van der Waals surface area contributed by atoms with Crippen LogP contribution in [0, 0.1) is 11.3 Å². The van der Waals surface area contributed by atoms with Gasteiger partial charge in [-0.3, -0.25) is 0 Å². The standard InChI is InChI=1S/C12H14/c1-10(2)3-6-12-7-4-11(9-12)5-8-12/h4-8,11H,9H2,1-2H3. The average Bonchev–Trinajstić information content (AvgIpc) is 2.60. The summed E-state index contributed by atoms with van der Waals surface area (Å²) in [5.41, 5.74) is 4.77. The highest BCUT2D eigenvalue weighted by molar-refractivity contribution is 5.34. The van der Waals surface area contributed by atoms with Crippen molar-refractivity contribution < 1.29 is 0 Å². The second-order valence-corrected chi connectivity index (χ2v) is 3.99. The van der Waals surface area contributed by atoms with Crippen molar-refractivity contribution in [2.24, 2.45) is 11.3 Å². The van der Waals surface area contributed by atoms with E-state index < -0.39 is 0 Å². The topological polar surface area (TPSA) is 0 Å². The van der Waals surface area contributed by atoms with Gasteiger partial charge in [-0.05, 0) is 37.8 Å². The molecule has 0 N–H and O–H groups in total. The summed E-state index contributed by atoms with van der Waals surface area (Å²) in [6.45, 7) is 4.17. The van der Waals surface area contributed by atoms with Crippen LogP contribution >= 0.6 is 0 Å². The Bertz CT molecular complexity index is 291. The molecule has 0 aliphatic heterocycles. The van der Waals surface area contributed by atoms with Crippen LogP contribution < -0.4 is 0 Å². The predicted molar refractivity (Wildman–Crippen MR) is 51.8 cm³/mol. The van der Waals surface area contributed by atoms with Gasteiger partial charge in [-0.15, -0.1) is 5.73 Å². The van der Waals surface area contributed by atoms with Gasteiger partial charge in [0, 0.05) is 5.41 Å². The Morgan fingerprint density at radius 1 is 1.42 bits per heavy atom. The summed E-state index contributed by atoms with van der Waals surface area (Å²) in [7, 11) is 0. The molecule has 12 heavy (non-hydrogen) atoms. The molecule has 2 aliphatic rings. The first kappa shape index (κ1) is 7.64. The van der Waals surface area contributed by atoms with Gasteiger partial charge in [-0.25, -0.2) is 0 Å². The number of rotatable bonds is 1. The zero-order chi connectivity index (χ0) is 8.60. The highest BCUT2D eigenvalue weighted by Gasteiger charge is 2.33. The van der Waals surface area contributed by atoms with Gasteiger partial charge < -0.3 is 0 Å². The smallest absolute Gasteiger partial charge is 0.0325 e. The van der Waals surface area contributed by atoms with Crippen LogP contribution in [0.2, 0.25) is 0 Å². The number of hydrogen-bond acceptors (Lipinski definition) is 0. The maximum atomic E-state index is 3.30. The third-order valence-electron chi connectivity index (χ3n) is 2.53. The number of allylic oxidation sites excluding steroid dienone is 5. The molecule has 0 spiro atoms. The molecule has 0 atom stereocenters. The Morgan fingerprint density at radius 3 is 2.50 bits per heavy atom. The van der Waals surface area contributed by atoms with Gasteiger partial charge >= 0.3 is 0 Å². The lowest BCUT2D eigenvalue weighted by Crippen LogP contribution is -2.03. The van der Waals surface area contributed by atoms with E-state index in [1.54, 1.807) is 0 Å². The van der Waals surface area contributed by atoms with Crippen LogP contribution in [0.5, 0.6) is 0 Å². The van der Waals surface area contributed by atoms with E-state index in [1.165, 1.54) is 12.0 Å². The van der Waals surface area contributed by atoms with E-state index in [9.17, 15) is 0 Å². The van der Waals surface area contributed by atoms with Crippen molar-refractivity contribution in [1.29, 1.82) is 0 Å². The maximum Gasteiger partial charge on any atom is 0.0325 e. The van der Waals surface area contributed by atoms with Crippen molar-refractivity contribution in [3.8, 4) is 0 Å². The highest BCUT2D eigenvalue weighted by Crippen LogP contribution is 2.44. The summed E-state index contributed by atoms with van der Waals surface area (Å²) in [6.07, 6.45) is 12.6. The summed E-state index contributed by atoms with van der Waals surface area (Å²) in [6, 6.07) is 0. The molecule has 0 radical (unpaired) electrons. The molecule has 0 aromatic rings. The fourth-order valence-corrected chi connectivity index (χ4v) is 1.84. The summed E-state index contributed by atoms with van der Waals surface area (Å²) < 4.78 is 0. The molecule has 0 nitrogen and oxygen atoms in total. The van der Waals surface area contributed by atoms with Crippen LogP contribution in [-0.2, 0) is 0 Å². The van der Waals surface area contributed by atoms with E-state index in [2.05, 4.69) is 50.0 Å². The van der Waals surface area contributed by atoms with Gasteiger partial charge in [-0.1, -0.05) is 24.3 Å². The second-order valence-electron chi connectivity index (χ2n) is 3.99. The van der Waals surface area contributed by atoms with Crippen LogP contribution in [-0.4, -0.2) is 0 Å². The van der Waals surface area contributed by atoms with E-state index >= 15 is 0 Å². The molecule has 62 valence electrons. The lowest BCUT2D eigenvalue weighted by Gasteiger charge is -2.13. The van der Waals surface area contributed by atoms with E-state index in [4.69, 9.17) is 0 Å². The SMILES string of the molecule is CC(C)=C=CC12C=CC(C=C1)C2. The fourth-order valence-electron chi connectivity index (χ4n) is 1.84. The van der Waals surface area contributed by atoms with E-state index in [-0.39, 0.29) is 5.41 Å². The van der Waals surface area contributed by atoms with Gasteiger partial charge in [0.2, 0.25) is 0 Å². The van der Waals surface area contributed by atoms with Crippen molar-refractivity contribution in [3.63, 3.8) is 0 Å². The molecule has 2 aliphatic carbocycles. The fraction of sp³-hybridized carbons (Fsp3) is 0.417. The van der Waals surface area contributed by atoms with Crippen molar-refractivity contribution >= 4 is 0 Å². The highest BCUT2D eigenvalue weighted by atomic mass is 14.4. The first-order chi connectivity index (χ1) is 5.70. The zero-order valence-corrected chi connectivity index (χ0v) is 7.67. The summed E-state index contributed by atoms with van der Waals surface area (Å²) in [4.78, 5) is 0. The van der Waals surface area contributed by atoms with E-state index in [0.717, 1.165) is 0 Å². The molecule has 0 fully saturated rings. The van der Waals surface area contributed by atoms with Crippen LogP contribution in [0.15, 0.2) is 41.7 Å². The maximum absolute atomic E-state index is 3.30. The lowest BCUT2D eigenvalue weighted by atomic mass is 9.90. The Hall–Kier alpha value is -1.00. The molecule has 0 aromatic carbocycles. The first-order valence-electron chi connectivity index (χ1n) is 4.50. The molecule has 0 aromatic heterocycles. The Morgan fingerprint density at radius 2 is 2.08 bits per heavy atom. The quantitative estimate of drug-likeness (QED) is 0.406. The molecular formula is C12H14. The van der Waals surface area contributed by atoms with Gasteiger partial charge in [0.1, 0.15) is 0 Å². The van der Waals surface area contributed by atoms with Gasteiger partial charge in [0.05, 0.1) is 0 Å². The second kappa shape index (κ2) is 2.50. The Labute approximate surface area is 74.0 Å². The van der Waals surface area contributed by atoms with Gasteiger partial charge in [-0.2, -0.15) is 0 Å². The van der Waals surface area contributed by atoms with Crippen molar-refractivity contribution in [2.75, 3.05) is 0 Å². The minimum Gasteiger partial charge on any atom is -0.125 e. The minimum absolute atomic E-state index is 0.224. The molecule has 0 saturated heterocycles. The molecule has 0 unspecified atom stereocenters. The normalized spacial score (nSPS) is 35.3. The zero-order valence-electron chi connectivity index (χ0n) is 7.67. The lowest BCUT2D eigenvalue weighted by molar-refractivity contribution is 0.601. The van der Waals surface area contributed by atoms with Crippen LogP contribution in [0.4, 0.5) is 0 Å². The largest absolute Gasteiger partial charge is 0.125 e. The van der Waals surface area contributed by atoms with Crippen molar-refractivity contribution in [3.05, 3.63) is 41.7 Å². The molecule has 2 bridgehead atoms. The molecule has 2 rings (SSSR count). The van der Waals surface area contributed by atoms with E-state index in [0.29, 0.717) is 5.92 Å². The van der Waals surface area contributed by atoms with Gasteiger partial charge in [0.15, 0.2) is 0 Å². The average molecular weight is 158 g/mol. The third kappa shape index (κ3) is 1.19.